The lowest BCUT2D eigenvalue weighted by Gasteiger charge is -2.01. The maximum Gasteiger partial charge on any atom is 0.269 e. The Bertz CT molecular complexity index is 968. The summed E-state index contributed by atoms with van der Waals surface area (Å²) < 4.78 is 0. The van der Waals surface area contributed by atoms with Crippen molar-refractivity contribution in [3.8, 4) is 22.6 Å². The minimum atomic E-state index is -0.420. The van der Waals surface area contributed by atoms with Gasteiger partial charge < -0.3 is 4.98 Å². The highest BCUT2D eigenvalue weighted by Crippen LogP contribution is 2.30. The highest BCUT2D eigenvalue weighted by atomic mass is 16.6. The summed E-state index contributed by atoms with van der Waals surface area (Å²) in [5, 5.41) is 17.8. The second kappa shape index (κ2) is 5.06. The molecule has 7 heteroatoms. The smallest absolute Gasteiger partial charge is 0.269 e. The van der Waals surface area contributed by atoms with Crippen LogP contribution in [0.4, 0.5) is 5.69 Å². The summed E-state index contributed by atoms with van der Waals surface area (Å²) in [5.41, 5.74) is 4.26. The second-order valence-corrected chi connectivity index (χ2v) is 5.07. The maximum absolute atomic E-state index is 10.8. The molecule has 0 aliphatic rings. The number of para-hydroxylation sites is 2. The predicted molar refractivity (Wildman–Crippen MR) is 85.8 cm³/mol. The fraction of sp³-hybridized carbons (Fsp3) is 0. The van der Waals surface area contributed by atoms with Crippen molar-refractivity contribution in [3.63, 3.8) is 0 Å². The van der Waals surface area contributed by atoms with Crippen LogP contribution in [0.1, 0.15) is 0 Å². The Kier molecular flexibility index (Phi) is 2.90. The molecular weight excluding hydrogens is 294 g/mol. The molecule has 0 amide bonds. The van der Waals surface area contributed by atoms with Crippen LogP contribution in [0.25, 0.3) is 33.7 Å². The van der Waals surface area contributed by atoms with Gasteiger partial charge in [0.25, 0.3) is 5.69 Å². The van der Waals surface area contributed by atoms with Gasteiger partial charge in [-0.3, -0.25) is 15.2 Å². The standard InChI is InChI=1S/C16H11N5O2/c22-21(23)11-7-5-10(6-8-11)15-12(9-17-20-15)16-18-13-3-1-2-4-14(13)19-16/h1-9H,(H,17,20)(H,18,19). The van der Waals surface area contributed by atoms with Crippen molar-refractivity contribution in [2.75, 3.05) is 0 Å². The lowest BCUT2D eigenvalue weighted by atomic mass is 10.1. The van der Waals surface area contributed by atoms with Crippen LogP contribution in [0.3, 0.4) is 0 Å². The molecular formula is C16H11N5O2. The number of nitro groups is 1. The van der Waals surface area contributed by atoms with Crippen LogP contribution in [0, 0.1) is 10.1 Å². The van der Waals surface area contributed by atoms with Gasteiger partial charge in [-0.2, -0.15) is 5.10 Å². The van der Waals surface area contributed by atoms with Crippen LogP contribution in [0.5, 0.6) is 0 Å². The molecule has 2 aromatic heterocycles. The first-order valence-corrected chi connectivity index (χ1v) is 6.96. The van der Waals surface area contributed by atoms with Crippen LogP contribution >= 0.6 is 0 Å². The van der Waals surface area contributed by atoms with Gasteiger partial charge in [0, 0.05) is 17.7 Å². The number of hydrogen-bond donors (Lipinski definition) is 2. The first-order valence-electron chi connectivity index (χ1n) is 6.96. The van der Waals surface area contributed by atoms with Crippen molar-refractivity contribution in [1.29, 1.82) is 0 Å². The fourth-order valence-electron chi connectivity index (χ4n) is 2.52. The number of H-pyrrole nitrogens is 2. The second-order valence-electron chi connectivity index (χ2n) is 5.07. The fourth-order valence-corrected chi connectivity index (χ4v) is 2.52. The Morgan fingerprint density at radius 3 is 2.57 bits per heavy atom. The number of fused-ring (bicyclic) bond motifs is 1. The molecule has 112 valence electrons. The van der Waals surface area contributed by atoms with Crippen LogP contribution in [0.15, 0.2) is 54.7 Å². The molecule has 0 aliphatic carbocycles. The number of nitrogens with zero attached hydrogens (tertiary/aromatic N) is 3. The zero-order chi connectivity index (χ0) is 15.8. The van der Waals surface area contributed by atoms with Gasteiger partial charge in [-0.25, -0.2) is 4.98 Å². The topological polar surface area (TPSA) is 100 Å². The molecule has 4 aromatic rings. The third kappa shape index (κ3) is 2.24. The molecule has 7 nitrogen and oxygen atoms in total. The molecule has 0 bridgehead atoms. The van der Waals surface area contributed by atoms with Crippen molar-refractivity contribution >= 4 is 16.7 Å². The lowest BCUT2D eigenvalue weighted by molar-refractivity contribution is -0.384. The third-order valence-corrected chi connectivity index (χ3v) is 3.65. The quantitative estimate of drug-likeness (QED) is 0.446. The molecule has 0 fully saturated rings. The molecule has 0 saturated heterocycles. The number of rotatable bonds is 3. The average molecular weight is 305 g/mol. The summed E-state index contributed by atoms with van der Waals surface area (Å²) in [4.78, 5) is 18.2. The van der Waals surface area contributed by atoms with Crippen molar-refractivity contribution < 1.29 is 4.92 Å². The zero-order valence-electron chi connectivity index (χ0n) is 11.9. The highest BCUT2D eigenvalue weighted by molar-refractivity contribution is 5.84. The van der Waals surface area contributed by atoms with E-state index < -0.39 is 4.92 Å². The lowest BCUT2D eigenvalue weighted by Crippen LogP contribution is -1.88. The molecule has 0 aliphatic heterocycles. The number of nitro benzene ring substituents is 1. The van der Waals surface area contributed by atoms with Crippen molar-refractivity contribution in [2.45, 2.75) is 0 Å². The molecule has 2 N–H and O–H groups in total. The molecule has 2 heterocycles. The number of aromatic nitrogens is 4. The summed E-state index contributed by atoms with van der Waals surface area (Å²) in [5.74, 6) is 0.702. The monoisotopic (exact) mass is 305 g/mol. The minimum absolute atomic E-state index is 0.0542. The van der Waals surface area contributed by atoms with Crippen LogP contribution in [0.2, 0.25) is 0 Å². The number of hydrogen-bond acceptors (Lipinski definition) is 4. The number of aromatic amines is 2. The van der Waals surface area contributed by atoms with Crippen LogP contribution in [-0.2, 0) is 0 Å². The number of nitrogens with one attached hydrogen (secondary N) is 2. The zero-order valence-corrected chi connectivity index (χ0v) is 11.9. The molecule has 0 unspecified atom stereocenters. The summed E-state index contributed by atoms with van der Waals surface area (Å²) in [7, 11) is 0. The predicted octanol–water partition coefficient (Wildman–Crippen LogP) is 3.53. The Labute approximate surface area is 130 Å². The van der Waals surface area contributed by atoms with Crippen molar-refractivity contribution in [2.24, 2.45) is 0 Å². The van der Waals surface area contributed by atoms with E-state index in [9.17, 15) is 10.1 Å². The first-order chi connectivity index (χ1) is 11.2. The van der Waals surface area contributed by atoms with E-state index in [-0.39, 0.29) is 5.69 Å². The van der Waals surface area contributed by atoms with E-state index >= 15 is 0 Å². The molecule has 23 heavy (non-hydrogen) atoms. The summed E-state index contributed by atoms with van der Waals surface area (Å²) in [6, 6.07) is 14.1. The molecule has 0 atom stereocenters. The normalized spacial score (nSPS) is 11.0. The summed E-state index contributed by atoms with van der Waals surface area (Å²) >= 11 is 0. The van der Waals surface area contributed by atoms with E-state index in [0.717, 1.165) is 27.9 Å². The number of imidazole rings is 1. The molecule has 0 radical (unpaired) electrons. The van der Waals surface area contributed by atoms with E-state index in [1.54, 1.807) is 18.3 Å². The molecule has 4 rings (SSSR count). The maximum atomic E-state index is 10.8. The number of benzene rings is 2. The van der Waals surface area contributed by atoms with Crippen molar-refractivity contribution in [1.82, 2.24) is 20.2 Å². The minimum Gasteiger partial charge on any atom is -0.338 e. The van der Waals surface area contributed by atoms with E-state index in [1.165, 1.54) is 12.1 Å². The summed E-state index contributed by atoms with van der Waals surface area (Å²) in [6.45, 7) is 0. The van der Waals surface area contributed by atoms with Gasteiger partial charge in [0.1, 0.15) is 5.82 Å². The largest absolute Gasteiger partial charge is 0.338 e. The van der Waals surface area contributed by atoms with E-state index in [1.807, 2.05) is 24.3 Å². The Morgan fingerprint density at radius 2 is 1.83 bits per heavy atom. The van der Waals surface area contributed by atoms with Gasteiger partial charge >= 0.3 is 0 Å². The Morgan fingerprint density at radius 1 is 1.04 bits per heavy atom. The number of non-ortho nitro benzene ring substituents is 1. The van der Waals surface area contributed by atoms with Gasteiger partial charge in [0.15, 0.2) is 0 Å². The molecule has 0 saturated carbocycles. The van der Waals surface area contributed by atoms with E-state index in [2.05, 4.69) is 20.2 Å². The van der Waals surface area contributed by atoms with Gasteiger partial charge in [-0.15, -0.1) is 0 Å². The van der Waals surface area contributed by atoms with Crippen LogP contribution in [-0.4, -0.2) is 25.1 Å². The van der Waals surface area contributed by atoms with E-state index in [4.69, 9.17) is 0 Å². The van der Waals surface area contributed by atoms with Gasteiger partial charge in [0.2, 0.25) is 0 Å². The van der Waals surface area contributed by atoms with Crippen LogP contribution < -0.4 is 0 Å². The SMILES string of the molecule is O=[N+]([O-])c1ccc(-c2[nH]ncc2-c2nc3ccccc3[nH]2)cc1. The third-order valence-electron chi connectivity index (χ3n) is 3.65. The Hall–Kier alpha value is -3.48. The molecule has 0 spiro atoms. The summed E-state index contributed by atoms with van der Waals surface area (Å²) in [6.07, 6.45) is 1.69. The van der Waals surface area contributed by atoms with Gasteiger partial charge in [-0.1, -0.05) is 12.1 Å². The molecule has 2 aromatic carbocycles. The van der Waals surface area contributed by atoms with E-state index in [0.29, 0.717) is 5.82 Å². The highest BCUT2D eigenvalue weighted by Gasteiger charge is 2.14. The van der Waals surface area contributed by atoms with Gasteiger partial charge in [-0.05, 0) is 24.3 Å². The Balaban J connectivity index is 1.80. The average Bonchev–Trinajstić information content (AvgIpc) is 3.21. The van der Waals surface area contributed by atoms with Gasteiger partial charge in [0.05, 0.1) is 33.4 Å². The van der Waals surface area contributed by atoms with Crippen molar-refractivity contribution in [3.05, 3.63) is 64.8 Å². The first kappa shape index (κ1) is 13.2.